The van der Waals surface area contributed by atoms with Crippen molar-refractivity contribution < 1.29 is 9.53 Å². The number of hydrogen-bond donors (Lipinski definition) is 0. The molecule has 0 unspecified atom stereocenters. The molecule has 0 saturated heterocycles. The Hall–Kier alpha value is -2.07. The van der Waals surface area contributed by atoms with Crippen LogP contribution in [0.3, 0.4) is 0 Å². The van der Waals surface area contributed by atoms with E-state index in [1.54, 1.807) is 0 Å². The summed E-state index contributed by atoms with van der Waals surface area (Å²) in [7, 11) is 0. The molecule has 0 aliphatic carbocycles. The summed E-state index contributed by atoms with van der Waals surface area (Å²) in [5.74, 6) is 0.804. The van der Waals surface area contributed by atoms with Gasteiger partial charge >= 0.3 is 0 Å². The molecule has 1 aromatic carbocycles. The van der Waals surface area contributed by atoms with Crippen molar-refractivity contribution in [1.29, 1.82) is 0 Å². The van der Waals surface area contributed by atoms with E-state index in [9.17, 15) is 4.79 Å². The molecule has 3 aromatic rings. The number of hydrogen-bond acceptors (Lipinski definition) is 2. The highest BCUT2D eigenvalue weighted by Gasteiger charge is 2.13. The Morgan fingerprint density at radius 3 is 2.73 bits per heavy atom. The minimum atomic E-state index is 0.618. The molecule has 0 radical (unpaired) electrons. The topological polar surface area (TPSA) is 30.7 Å². The first-order chi connectivity index (χ1) is 10.6. The first-order valence-electron chi connectivity index (χ1n) is 7.13. The molecule has 3 rings (SSSR count). The lowest BCUT2D eigenvalue weighted by Gasteiger charge is -2.08. The summed E-state index contributed by atoms with van der Waals surface area (Å²) < 4.78 is 8.35. The average molecular weight is 358 g/mol. The lowest BCUT2D eigenvalue weighted by Crippen LogP contribution is -1.94. The summed E-state index contributed by atoms with van der Waals surface area (Å²) in [5, 5.41) is 0. The van der Waals surface area contributed by atoms with Crippen LogP contribution in [0.25, 0.3) is 16.6 Å². The van der Waals surface area contributed by atoms with Crippen LogP contribution in [0, 0.1) is 6.92 Å². The van der Waals surface area contributed by atoms with Crippen molar-refractivity contribution in [3.8, 4) is 16.9 Å². The van der Waals surface area contributed by atoms with Gasteiger partial charge in [0.2, 0.25) is 0 Å². The van der Waals surface area contributed by atoms with Gasteiger partial charge in [0.25, 0.3) is 0 Å². The number of ether oxygens (including phenoxy) is 1. The SMILES string of the molecule is CCOc1ccc(-c2cc3ccc(C)cn3c2C=O)cc1Br. The molecule has 0 bridgehead atoms. The molecule has 0 atom stereocenters. The number of pyridine rings is 1. The van der Waals surface area contributed by atoms with E-state index in [1.807, 2.05) is 60.8 Å². The summed E-state index contributed by atoms with van der Waals surface area (Å²) in [6.45, 7) is 4.59. The highest BCUT2D eigenvalue weighted by molar-refractivity contribution is 9.10. The summed E-state index contributed by atoms with van der Waals surface area (Å²) in [6.07, 6.45) is 2.89. The molecule has 2 heterocycles. The van der Waals surface area contributed by atoms with Crippen LogP contribution in [-0.2, 0) is 0 Å². The van der Waals surface area contributed by atoms with Crippen LogP contribution in [-0.4, -0.2) is 17.3 Å². The van der Waals surface area contributed by atoms with E-state index in [1.165, 1.54) is 0 Å². The van der Waals surface area contributed by atoms with Crippen LogP contribution in [0.2, 0.25) is 0 Å². The van der Waals surface area contributed by atoms with E-state index >= 15 is 0 Å². The zero-order valence-corrected chi connectivity index (χ0v) is 14.1. The molecular formula is C18H16BrNO2. The number of aldehydes is 1. The molecule has 0 aliphatic rings. The van der Waals surface area contributed by atoms with Gasteiger partial charge < -0.3 is 9.14 Å². The fourth-order valence-corrected chi connectivity index (χ4v) is 3.08. The largest absolute Gasteiger partial charge is 0.493 e. The normalized spacial score (nSPS) is 10.9. The zero-order valence-electron chi connectivity index (χ0n) is 12.5. The van der Waals surface area contributed by atoms with Gasteiger partial charge in [0.05, 0.1) is 16.8 Å². The second kappa shape index (κ2) is 5.97. The van der Waals surface area contributed by atoms with Gasteiger partial charge in [-0.25, -0.2) is 0 Å². The standard InChI is InChI=1S/C18H16BrNO2/c1-3-22-18-7-5-13(8-16(18)19)15-9-14-6-4-12(2)10-20(14)17(15)11-21/h4-11H,3H2,1-2H3. The van der Waals surface area contributed by atoms with Gasteiger partial charge in [-0.2, -0.15) is 0 Å². The third-order valence-electron chi connectivity index (χ3n) is 3.61. The average Bonchev–Trinajstić information content (AvgIpc) is 2.87. The third-order valence-corrected chi connectivity index (χ3v) is 4.23. The molecule has 0 N–H and O–H groups in total. The number of carbonyl (C=O) groups excluding carboxylic acids is 1. The van der Waals surface area contributed by atoms with E-state index in [0.29, 0.717) is 12.3 Å². The van der Waals surface area contributed by atoms with Crippen molar-refractivity contribution in [2.75, 3.05) is 6.61 Å². The highest BCUT2D eigenvalue weighted by atomic mass is 79.9. The Bertz CT molecular complexity index is 852. The van der Waals surface area contributed by atoms with Crippen LogP contribution in [0.15, 0.2) is 47.1 Å². The number of halogens is 1. The van der Waals surface area contributed by atoms with Crippen molar-refractivity contribution in [2.45, 2.75) is 13.8 Å². The van der Waals surface area contributed by atoms with E-state index in [2.05, 4.69) is 15.9 Å². The molecule has 2 aromatic heterocycles. The highest BCUT2D eigenvalue weighted by Crippen LogP contribution is 2.33. The van der Waals surface area contributed by atoms with Gasteiger partial charge in [0.1, 0.15) is 5.75 Å². The second-order valence-corrected chi connectivity index (χ2v) is 5.99. The molecule has 0 fully saturated rings. The Balaban J connectivity index is 2.17. The Kier molecular flexibility index (Phi) is 4.03. The number of carbonyl (C=O) groups is 1. The van der Waals surface area contributed by atoms with Crippen molar-refractivity contribution in [1.82, 2.24) is 4.40 Å². The molecule has 0 amide bonds. The Labute approximate surface area is 137 Å². The van der Waals surface area contributed by atoms with Gasteiger partial charge in [-0.1, -0.05) is 12.1 Å². The van der Waals surface area contributed by atoms with E-state index in [-0.39, 0.29) is 0 Å². The summed E-state index contributed by atoms with van der Waals surface area (Å²) in [6, 6.07) is 12.0. The van der Waals surface area contributed by atoms with Crippen LogP contribution in [0.4, 0.5) is 0 Å². The van der Waals surface area contributed by atoms with Crippen LogP contribution in [0.1, 0.15) is 23.0 Å². The maximum Gasteiger partial charge on any atom is 0.167 e. The number of nitrogens with zero attached hydrogens (tertiary/aromatic N) is 1. The van der Waals surface area contributed by atoms with E-state index in [0.717, 1.165) is 38.7 Å². The van der Waals surface area contributed by atoms with E-state index < -0.39 is 0 Å². The summed E-state index contributed by atoms with van der Waals surface area (Å²) in [4.78, 5) is 11.6. The van der Waals surface area contributed by atoms with Crippen LogP contribution >= 0.6 is 15.9 Å². The van der Waals surface area contributed by atoms with E-state index in [4.69, 9.17) is 4.74 Å². The smallest absolute Gasteiger partial charge is 0.167 e. The van der Waals surface area contributed by atoms with Gasteiger partial charge in [-0.05, 0) is 65.2 Å². The number of rotatable bonds is 4. The predicted octanol–water partition coefficient (Wildman–Crippen LogP) is 4.89. The van der Waals surface area contributed by atoms with Crippen molar-refractivity contribution in [2.24, 2.45) is 0 Å². The number of aromatic nitrogens is 1. The molecule has 0 aliphatic heterocycles. The lowest BCUT2D eigenvalue weighted by atomic mass is 10.1. The number of fused-ring (bicyclic) bond motifs is 1. The molecule has 4 heteroatoms. The molecule has 22 heavy (non-hydrogen) atoms. The first kappa shape index (κ1) is 14.9. The third kappa shape index (κ3) is 2.55. The maximum absolute atomic E-state index is 11.6. The van der Waals surface area contributed by atoms with Gasteiger partial charge in [0.15, 0.2) is 6.29 Å². The Morgan fingerprint density at radius 1 is 1.23 bits per heavy atom. The second-order valence-electron chi connectivity index (χ2n) is 5.14. The molecule has 3 nitrogen and oxygen atoms in total. The van der Waals surface area contributed by atoms with Gasteiger partial charge in [-0.15, -0.1) is 0 Å². The van der Waals surface area contributed by atoms with Crippen molar-refractivity contribution in [3.63, 3.8) is 0 Å². The van der Waals surface area contributed by atoms with Crippen molar-refractivity contribution in [3.05, 3.63) is 58.3 Å². The summed E-state index contributed by atoms with van der Waals surface area (Å²) in [5.41, 5.74) is 4.69. The predicted molar refractivity (Wildman–Crippen MR) is 91.8 cm³/mol. The minimum absolute atomic E-state index is 0.618. The monoisotopic (exact) mass is 357 g/mol. The molecule has 0 spiro atoms. The van der Waals surface area contributed by atoms with Gasteiger partial charge in [-0.3, -0.25) is 4.79 Å². The molecule has 112 valence electrons. The fourth-order valence-electron chi connectivity index (χ4n) is 2.59. The summed E-state index contributed by atoms with van der Waals surface area (Å²) >= 11 is 3.53. The fraction of sp³-hybridized carbons (Fsp3) is 0.167. The van der Waals surface area contributed by atoms with Crippen molar-refractivity contribution >= 4 is 27.7 Å². The number of aryl methyl sites for hydroxylation is 1. The molecular weight excluding hydrogens is 342 g/mol. The maximum atomic E-state index is 11.6. The Morgan fingerprint density at radius 2 is 2.05 bits per heavy atom. The first-order valence-corrected chi connectivity index (χ1v) is 7.93. The lowest BCUT2D eigenvalue weighted by molar-refractivity contribution is 0.111. The number of benzene rings is 1. The van der Waals surface area contributed by atoms with Gasteiger partial charge in [0, 0.05) is 17.3 Å². The van der Waals surface area contributed by atoms with Crippen LogP contribution in [0.5, 0.6) is 5.75 Å². The minimum Gasteiger partial charge on any atom is -0.493 e. The molecule has 0 saturated carbocycles. The quantitative estimate of drug-likeness (QED) is 0.622. The van der Waals surface area contributed by atoms with Crippen LogP contribution < -0.4 is 4.74 Å². The zero-order chi connectivity index (χ0) is 15.7.